The molecule has 0 saturated carbocycles. The van der Waals surface area contributed by atoms with Crippen LogP contribution in [-0.4, -0.2) is 16.5 Å². The Labute approximate surface area is 108 Å². The quantitative estimate of drug-likeness (QED) is 0.910. The van der Waals surface area contributed by atoms with Gasteiger partial charge in [0.05, 0.1) is 17.6 Å². The fraction of sp³-hybridized carbons (Fsp3) is 0.167. The van der Waals surface area contributed by atoms with E-state index in [1.807, 2.05) is 18.2 Å². The molecule has 0 atom stereocenters. The van der Waals surface area contributed by atoms with Crippen LogP contribution in [0.1, 0.15) is 11.3 Å². The van der Waals surface area contributed by atoms with E-state index in [9.17, 15) is 0 Å². The molecule has 0 radical (unpaired) electrons. The van der Waals surface area contributed by atoms with E-state index in [-0.39, 0.29) is 0 Å². The van der Waals surface area contributed by atoms with Crippen LogP contribution in [0.4, 0.5) is 5.69 Å². The van der Waals surface area contributed by atoms with Gasteiger partial charge in [-0.25, -0.2) is 4.98 Å². The number of H-pyrrole nitrogens is 1. The average molecular weight is 291 g/mol. The highest BCUT2D eigenvalue weighted by Gasteiger charge is 2.05. The molecule has 2 N–H and O–H groups in total. The maximum atomic E-state index is 9.05. The zero-order chi connectivity index (χ0) is 12.1. The van der Waals surface area contributed by atoms with E-state index in [0.29, 0.717) is 5.56 Å². The summed E-state index contributed by atoms with van der Waals surface area (Å²) < 4.78 is 0.812. The third kappa shape index (κ3) is 2.86. The molecule has 0 aliphatic heterocycles. The number of rotatable bonds is 4. The SMILES string of the molecule is N#Cc1c(Br)cccc1NCCc1cnc[nH]1. The number of hydrogen-bond acceptors (Lipinski definition) is 3. The summed E-state index contributed by atoms with van der Waals surface area (Å²) in [5.41, 5.74) is 2.56. The Morgan fingerprint density at radius 1 is 1.47 bits per heavy atom. The fourth-order valence-electron chi connectivity index (χ4n) is 1.54. The molecule has 0 amide bonds. The summed E-state index contributed by atoms with van der Waals surface area (Å²) in [6, 6.07) is 7.84. The molecule has 0 saturated heterocycles. The second-order valence-electron chi connectivity index (χ2n) is 3.53. The average Bonchev–Trinajstić information content (AvgIpc) is 2.82. The van der Waals surface area contributed by atoms with Crippen molar-refractivity contribution in [3.05, 3.63) is 46.5 Å². The third-order valence-electron chi connectivity index (χ3n) is 2.39. The third-order valence-corrected chi connectivity index (χ3v) is 3.05. The Balaban J connectivity index is 2.00. The smallest absolute Gasteiger partial charge is 0.103 e. The molecule has 17 heavy (non-hydrogen) atoms. The van der Waals surface area contributed by atoms with Gasteiger partial charge >= 0.3 is 0 Å². The Morgan fingerprint density at radius 2 is 2.35 bits per heavy atom. The van der Waals surface area contributed by atoms with E-state index in [0.717, 1.165) is 28.8 Å². The van der Waals surface area contributed by atoms with E-state index < -0.39 is 0 Å². The standard InChI is InChI=1S/C12H11BrN4/c13-11-2-1-3-12(10(11)6-14)16-5-4-9-7-15-8-17-9/h1-3,7-8,16H,4-5H2,(H,15,17). The van der Waals surface area contributed by atoms with Crippen LogP contribution in [0.5, 0.6) is 0 Å². The maximum Gasteiger partial charge on any atom is 0.103 e. The number of aromatic nitrogens is 2. The van der Waals surface area contributed by atoms with Gasteiger partial charge in [-0.3, -0.25) is 0 Å². The van der Waals surface area contributed by atoms with Gasteiger partial charge in [-0.2, -0.15) is 5.26 Å². The second-order valence-corrected chi connectivity index (χ2v) is 4.38. The molecule has 2 rings (SSSR count). The Hall–Kier alpha value is -1.80. The number of benzene rings is 1. The van der Waals surface area contributed by atoms with Gasteiger partial charge in [0.1, 0.15) is 6.07 Å². The van der Waals surface area contributed by atoms with Crippen LogP contribution >= 0.6 is 15.9 Å². The molecule has 0 spiro atoms. The Kier molecular flexibility index (Phi) is 3.78. The summed E-state index contributed by atoms with van der Waals surface area (Å²) in [5, 5.41) is 12.3. The number of imidazole rings is 1. The number of nitriles is 1. The minimum Gasteiger partial charge on any atom is -0.384 e. The van der Waals surface area contributed by atoms with Crippen LogP contribution in [0, 0.1) is 11.3 Å². The van der Waals surface area contributed by atoms with E-state index in [4.69, 9.17) is 5.26 Å². The number of nitrogens with zero attached hydrogens (tertiary/aromatic N) is 2. The number of aromatic amines is 1. The van der Waals surface area contributed by atoms with Gasteiger partial charge in [0.2, 0.25) is 0 Å². The summed E-state index contributed by atoms with van der Waals surface area (Å²) >= 11 is 3.36. The summed E-state index contributed by atoms with van der Waals surface area (Å²) in [6.45, 7) is 0.757. The first-order chi connectivity index (χ1) is 8.31. The van der Waals surface area contributed by atoms with Crippen molar-refractivity contribution in [3.63, 3.8) is 0 Å². The molecule has 2 aromatic rings. The lowest BCUT2D eigenvalue weighted by Crippen LogP contribution is -2.06. The zero-order valence-corrected chi connectivity index (χ0v) is 10.7. The second kappa shape index (κ2) is 5.51. The van der Waals surface area contributed by atoms with Crippen LogP contribution in [0.15, 0.2) is 35.2 Å². The molecule has 5 heteroatoms. The fourth-order valence-corrected chi connectivity index (χ4v) is 1.99. The Morgan fingerprint density at radius 3 is 3.06 bits per heavy atom. The molecule has 1 aromatic carbocycles. The van der Waals surface area contributed by atoms with Crippen molar-refractivity contribution in [2.45, 2.75) is 6.42 Å². The van der Waals surface area contributed by atoms with Crippen molar-refractivity contribution in [1.29, 1.82) is 5.26 Å². The lowest BCUT2D eigenvalue weighted by molar-refractivity contribution is 0.976. The predicted molar refractivity (Wildman–Crippen MR) is 69.6 cm³/mol. The van der Waals surface area contributed by atoms with Gasteiger partial charge in [-0.05, 0) is 28.1 Å². The maximum absolute atomic E-state index is 9.05. The minimum absolute atomic E-state index is 0.636. The predicted octanol–water partition coefficient (Wildman–Crippen LogP) is 2.70. The topological polar surface area (TPSA) is 64.5 Å². The number of halogens is 1. The van der Waals surface area contributed by atoms with Crippen molar-refractivity contribution in [3.8, 4) is 6.07 Å². The van der Waals surface area contributed by atoms with E-state index in [1.54, 1.807) is 12.5 Å². The lowest BCUT2D eigenvalue weighted by atomic mass is 10.2. The van der Waals surface area contributed by atoms with Crippen LogP contribution in [0.3, 0.4) is 0 Å². The molecule has 86 valence electrons. The first-order valence-electron chi connectivity index (χ1n) is 5.21. The monoisotopic (exact) mass is 290 g/mol. The summed E-state index contributed by atoms with van der Waals surface area (Å²) in [4.78, 5) is 6.99. The van der Waals surface area contributed by atoms with E-state index >= 15 is 0 Å². The first kappa shape index (κ1) is 11.7. The number of anilines is 1. The zero-order valence-electron chi connectivity index (χ0n) is 9.07. The van der Waals surface area contributed by atoms with E-state index in [1.165, 1.54) is 0 Å². The summed E-state index contributed by atoms with van der Waals surface area (Å²) in [5.74, 6) is 0. The highest BCUT2D eigenvalue weighted by molar-refractivity contribution is 9.10. The largest absolute Gasteiger partial charge is 0.384 e. The van der Waals surface area contributed by atoms with Gasteiger partial charge < -0.3 is 10.3 Å². The van der Waals surface area contributed by atoms with Gasteiger partial charge in [-0.1, -0.05) is 6.07 Å². The highest BCUT2D eigenvalue weighted by Crippen LogP contribution is 2.23. The van der Waals surface area contributed by atoms with Crippen LogP contribution in [0.2, 0.25) is 0 Å². The van der Waals surface area contributed by atoms with Gasteiger partial charge in [0, 0.05) is 29.3 Å². The van der Waals surface area contributed by atoms with Crippen molar-refractivity contribution in [2.75, 3.05) is 11.9 Å². The van der Waals surface area contributed by atoms with Crippen molar-refractivity contribution in [1.82, 2.24) is 9.97 Å². The van der Waals surface area contributed by atoms with Crippen LogP contribution in [0.25, 0.3) is 0 Å². The van der Waals surface area contributed by atoms with Gasteiger partial charge in [0.15, 0.2) is 0 Å². The Bertz CT molecular complexity index is 528. The summed E-state index contributed by atoms with van der Waals surface area (Å²) in [6.07, 6.45) is 4.31. The number of hydrogen-bond donors (Lipinski definition) is 2. The summed E-state index contributed by atoms with van der Waals surface area (Å²) in [7, 11) is 0. The molecule has 0 unspecified atom stereocenters. The number of nitrogens with one attached hydrogen (secondary N) is 2. The minimum atomic E-state index is 0.636. The van der Waals surface area contributed by atoms with Crippen molar-refractivity contribution < 1.29 is 0 Å². The molecule has 0 fully saturated rings. The molecule has 0 bridgehead atoms. The van der Waals surface area contributed by atoms with E-state index in [2.05, 4.69) is 37.3 Å². The molecular formula is C12H11BrN4. The molecule has 0 aliphatic carbocycles. The lowest BCUT2D eigenvalue weighted by Gasteiger charge is -2.08. The normalized spacial score (nSPS) is 9.88. The first-order valence-corrected chi connectivity index (χ1v) is 6.00. The molecule has 0 aliphatic rings. The molecule has 1 heterocycles. The molecule has 4 nitrogen and oxygen atoms in total. The van der Waals surface area contributed by atoms with Crippen molar-refractivity contribution >= 4 is 21.6 Å². The van der Waals surface area contributed by atoms with Gasteiger partial charge in [-0.15, -0.1) is 0 Å². The van der Waals surface area contributed by atoms with Crippen molar-refractivity contribution in [2.24, 2.45) is 0 Å². The molecule has 1 aromatic heterocycles. The van der Waals surface area contributed by atoms with Gasteiger partial charge in [0.25, 0.3) is 0 Å². The van der Waals surface area contributed by atoms with Crippen LogP contribution < -0.4 is 5.32 Å². The van der Waals surface area contributed by atoms with Crippen LogP contribution in [-0.2, 0) is 6.42 Å². The highest BCUT2D eigenvalue weighted by atomic mass is 79.9. The molecular weight excluding hydrogens is 280 g/mol.